The Labute approximate surface area is 140 Å². The Morgan fingerprint density at radius 1 is 1.54 bits per heavy atom. The Hall–Kier alpha value is -2.81. The molecule has 3 rings (SSSR count). The van der Waals surface area contributed by atoms with Crippen molar-refractivity contribution >= 4 is 5.97 Å². The van der Waals surface area contributed by atoms with Crippen molar-refractivity contribution in [3.63, 3.8) is 0 Å². The highest BCUT2D eigenvalue weighted by molar-refractivity contribution is 5.73. The highest BCUT2D eigenvalue weighted by atomic mass is 16.6. The Morgan fingerprint density at radius 3 is 3.25 bits per heavy atom. The fourth-order valence-corrected chi connectivity index (χ4v) is 2.81. The minimum atomic E-state index is -0.355. The van der Waals surface area contributed by atoms with Crippen molar-refractivity contribution in [2.24, 2.45) is 5.92 Å². The number of nitrogens with zero attached hydrogens (tertiary/aromatic N) is 2. The van der Waals surface area contributed by atoms with E-state index in [1.165, 1.54) is 5.56 Å². The number of ether oxygens (including phenoxy) is 2. The van der Waals surface area contributed by atoms with Crippen LogP contribution in [0.2, 0.25) is 0 Å². The van der Waals surface area contributed by atoms with E-state index in [1.54, 1.807) is 31.2 Å². The predicted octanol–water partition coefficient (Wildman–Crippen LogP) is 2.40. The number of aromatic nitrogens is 2. The van der Waals surface area contributed by atoms with Gasteiger partial charge in [-0.15, -0.1) is 0 Å². The lowest BCUT2D eigenvalue weighted by Gasteiger charge is -2.22. The van der Waals surface area contributed by atoms with Crippen LogP contribution in [0.5, 0.6) is 5.75 Å². The molecule has 0 unspecified atom stereocenters. The van der Waals surface area contributed by atoms with E-state index in [1.807, 2.05) is 6.20 Å². The molecule has 124 valence electrons. The van der Waals surface area contributed by atoms with Crippen LogP contribution in [0, 0.1) is 17.2 Å². The zero-order chi connectivity index (χ0) is 16.9. The molecule has 1 aliphatic carbocycles. The molecule has 0 bridgehead atoms. The number of hydrogen-bond acceptors (Lipinski definition) is 5. The molecule has 1 aliphatic rings. The van der Waals surface area contributed by atoms with Gasteiger partial charge in [-0.05, 0) is 43.5 Å². The first-order valence-electron chi connectivity index (χ1n) is 8.00. The number of rotatable bonds is 5. The molecule has 0 saturated carbocycles. The van der Waals surface area contributed by atoms with Gasteiger partial charge in [-0.2, -0.15) is 10.4 Å². The van der Waals surface area contributed by atoms with E-state index in [0.717, 1.165) is 18.5 Å². The maximum atomic E-state index is 12.3. The maximum absolute atomic E-state index is 12.3. The van der Waals surface area contributed by atoms with Gasteiger partial charge in [0.2, 0.25) is 0 Å². The first-order chi connectivity index (χ1) is 11.7. The first-order valence-corrected chi connectivity index (χ1v) is 8.00. The number of esters is 1. The molecule has 0 radical (unpaired) electrons. The van der Waals surface area contributed by atoms with E-state index < -0.39 is 0 Å². The molecule has 6 heteroatoms. The first kappa shape index (κ1) is 16.1. The van der Waals surface area contributed by atoms with Crippen LogP contribution in [0.25, 0.3) is 0 Å². The lowest BCUT2D eigenvalue weighted by atomic mass is 9.88. The van der Waals surface area contributed by atoms with E-state index in [0.29, 0.717) is 17.7 Å². The van der Waals surface area contributed by atoms with Crippen LogP contribution in [0.4, 0.5) is 0 Å². The third kappa shape index (κ3) is 3.74. The summed E-state index contributed by atoms with van der Waals surface area (Å²) in [6.07, 6.45) is 3.74. The topological polar surface area (TPSA) is 88.0 Å². The van der Waals surface area contributed by atoms with Gasteiger partial charge in [-0.1, -0.05) is 6.07 Å². The van der Waals surface area contributed by atoms with Crippen molar-refractivity contribution in [3.05, 3.63) is 47.3 Å². The van der Waals surface area contributed by atoms with E-state index in [9.17, 15) is 4.79 Å². The largest absolute Gasteiger partial charge is 0.490 e. The highest BCUT2D eigenvalue weighted by Gasteiger charge is 2.28. The van der Waals surface area contributed by atoms with Crippen LogP contribution >= 0.6 is 0 Å². The molecule has 2 atom stereocenters. The van der Waals surface area contributed by atoms with Crippen LogP contribution in [0.1, 0.15) is 30.2 Å². The second kappa shape index (κ2) is 7.18. The molecular formula is C18H19N3O3. The van der Waals surface area contributed by atoms with Gasteiger partial charge < -0.3 is 9.47 Å². The van der Waals surface area contributed by atoms with Crippen LogP contribution in [0.3, 0.4) is 0 Å². The molecule has 0 aliphatic heterocycles. The molecule has 0 spiro atoms. The third-order valence-electron chi connectivity index (χ3n) is 4.12. The third-order valence-corrected chi connectivity index (χ3v) is 4.12. The van der Waals surface area contributed by atoms with Crippen LogP contribution < -0.4 is 4.74 Å². The molecule has 6 nitrogen and oxygen atoms in total. The molecule has 1 aromatic heterocycles. The van der Waals surface area contributed by atoms with Crippen LogP contribution in [-0.2, 0) is 22.4 Å². The smallest absolute Gasteiger partial charge is 0.309 e. The highest BCUT2D eigenvalue weighted by Crippen LogP contribution is 2.25. The summed E-state index contributed by atoms with van der Waals surface area (Å²) in [5.41, 5.74) is 2.75. The zero-order valence-corrected chi connectivity index (χ0v) is 13.5. The van der Waals surface area contributed by atoms with Crippen molar-refractivity contribution in [2.45, 2.75) is 32.3 Å². The van der Waals surface area contributed by atoms with Gasteiger partial charge in [0.1, 0.15) is 18.5 Å². The number of carbonyl (C=O) groups excluding carboxylic acids is 1. The lowest BCUT2D eigenvalue weighted by molar-refractivity contribution is -0.155. The summed E-state index contributed by atoms with van der Waals surface area (Å²) in [6, 6.07) is 8.97. The summed E-state index contributed by atoms with van der Waals surface area (Å²) in [7, 11) is 0. The fourth-order valence-electron chi connectivity index (χ4n) is 2.81. The molecule has 1 aromatic carbocycles. The molecule has 0 amide bonds. The Balaban J connectivity index is 1.49. The molecule has 1 N–H and O–H groups in total. The number of nitriles is 1. The number of hydrogen-bond donors (Lipinski definition) is 1. The summed E-state index contributed by atoms with van der Waals surface area (Å²) in [4.78, 5) is 12.3. The molecular weight excluding hydrogens is 306 g/mol. The number of benzene rings is 1. The minimum absolute atomic E-state index is 0.137. The van der Waals surface area contributed by atoms with Crippen molar-refractivity contribution in [2.75, 3.05) is 6.61 Å². The van der Waals surface area contributed by atoms with Gasteiger partial charge in [0.05, 0.1) is 23.7 Å². The number of nitrogens with one attached hydrogen (secondary N) is 1. The number of fused-ring (bicyclic) bond motifs is 1. The quantitative estimate of drug-likeness (QED) is 0.853. The summed E-state index contributed by atoms with van der Waals surface area (Å²) in [5, 5.41) is 15.8. The molecule has 1 heterocycles. The van der Waals surface area contributed by atoms with Crippen molar-refractivity contribution in [1.82, 2.24) is 10.2 Å². The second-order valence-electron chi connectivity index (χ2n) is 6.01. The Morgan fingerprint density at radius 2 is 2.42 bits per heavy atom. The standard InChI is InChI=1S/C18H19N3O3/c1-12(11-23-16-4-2-3-13(7-16)9-19)24-18(22)14-5-6-15-10-20-21-17(15)8-14/h2-4,7,10,12,14H,5-6,8,11H2,1H3,(H,20,21)/t12-,14-/m0/s1. The summed E-state index contributed by atoms with van der Waals surface area (Å²) in [5.74, 6) is 0.260. The predicted molar refractivity (Wildman–Crippen MR) is 86.3 cm³/mol. The van der Waals surface area contributed by atoms with E-state index in [4.69, 9.17) is 14.7 Å². The minimum Gasteiger partial charge on any atom is -0.490 e. The summed E-state index contributed by atoms with van der Waals surface area (Å²) >= 11 is 0. The fraction of sp³-hybridized carbons (Fsp3) is 0.389. The van der Waals surface area contributed by atoms with Crippen molar-refractivity contribution in [3.8, 4) is 11.8 Å². The van der Waals surface area contributed by atoms with Gasteiger partial charge in [-0.25, -0.2) is 0 Å². The normalized spacial score (nSPS) is 17.4. The molecule has 0 fully saturated rings. The molecule has 2 aromatic rings. The number of carbonyl (C=O) groups is 1. The number of aromatic amines is 1. The maximum Gasteiger partial charge on any atom is 0.309 e. The van der Waals surface area contributed by atoms with Gasteiger partial charge in [-0.3, -0.25) is 9.89 Å². The van der Waals surface area contributed by atoms with E-state index in [-0.39, 0.29) is 24.6 Å². The van der Waals surface area contributed by atoms with Crippen LogP contribution in [0.15, 0.2) is 30.5 Å². The number of aryl methyl sites for hydroxylation is 1. The average Bonchev–Trinajstić information content (AvgIpc) is 3.07. The lowest BCUT2D eigenvalue weighted by Crippen LogP contribution is -2.29. The van der Waals surface area contributed by atoms with Gasteiger partial charge in [0.25, 0.3) is 0 Å². The number of H-pyrrole nitrogens is 1. The van der Waals surface area contributed by atoms with Crippen LogP contribution in [-0.4, -0.2) is 28.9 Å². The molecule has 24 heavy (non-hydrogen) atoms. The monoisotopic (exact) mass is 325 g/mol. The van der Waals surface area contributed by atoms with Crippen molar-refractivity contribution in [1.29, 1.82) is 5.26 Å². The Kier molecular flexibility index (Phi) is 4.80. The van der Waals surface area contributed by atoms with E-state index >= 15 is 0 Å². The van der Waals surface area contributed by atoms with Crippen molar-refractivity contribution < 1.29 is 14.3 Å². The van der Waals surface area contributed by atoms with E-state index in [2.05, 4.69) is 16.3 Å². The summed E-state index contributed by atoms with van der Waals surface area (Å²) < 4.78 is 11.1. The van der Waals surface area contributed by atoms with Gasteiger partial charge in [0.15, 0.2) is 0 Å². The SMILES string of the molecule is C[C@@H](COc1cccc(C#N)c1)OC(=O)[C@H]1CCc2cn[nH]c2C1. The van der Waals surface area contributed by atoms with Gasteiger partial charge >= 0.3 is 5.97 Å². The zero-order valence-electron chi connectivity index (χ0n) is 13.5. The Bertz CT molecular complexity index is 763. The average molecular weight is 325 g/mol. The van der Waals surface area contributed by atoms with Gasteiger partial charge in [0, 0.05) is 12.1 Å². The molecule has 0 saturated heterocycles. The summed E-state index contributed by atoms with van der Waals surface area (Å²) in [6.45, 7) is 2.05. The second-order valence-corrected chi connectivity index (χ2v) is 6.01.